The van der Waals surface area contributed by atoms with Crippen LogP contribution in [0.3, 0.4) is 0 Å². The second kappa shape index (κ2) is 2.67. The first-order valence-corrected chi connectivity index (χ1v) is 4.81. The lowest BCUT2D eigenvalue weighted by Gasteiger charge is -2.11. The molecule has 2 aliphatic rings. The van der Waals surface area contributed by atoms with Gasteiger partial charge in [0, 0.05) is 24.5 Å². The number of nitrogens with one attached hydrogen (secondary N) is 1. The van der Waals surface area contributed by atoms with Crippen molar-refractivity contribution in [2.75, 3.05) is 0 Å². The summed E-state index contributed by atoms with van der Waals surface area (Å²) in [7, 11) is 0. The van der Waals surface area contributed by atoms with E-state index in [1.165, 1.54) is 24.0 Å². The van der Waals surface area contributed by atoms with Gasteiger partial charge in [-0.15, -0.1) is 0 Å². The number of hydrogen-bond donors (Lipinski definition) is 1. The van der Waals surface area contributed by atoms with Crippen LogP contribution >= 0.6 is 0 Å². The van der Waals surface area contributed by atoms with Crippen LogP contribution in [0.1, 0.15) is 18.4 Å². The van der Waals surface area contributed by atoms with Crippen LogP contribution in [0.5, 0.6) is 0 Å². The van der Waals surface area contributed by atoms with Crippen molar-refractivity contribution in [1.29, 1.82) is 0 Å². The maximum absolute atomic E-state index is 4.14. The van der Waals surface area contributed by atoms with E-state index < -0.39 is 0 Å². The largest absolute Gasteiger partial charge is 0.304 e. The number of pyridine rings is 1. The molecule has 1 N–H and O–H groups in total. The van der Waals surface area contributed by atoms with Crippen LogP contribution in [0.4, 0.5) is 0 Å². The molecule has 2 atom stereocenters. The van der Waals surface area contributed by atoms with Crippen molar-refractivity contribution in [3.05, 3.63) is 36.2 Å². The van der Waals surface area contributed by atoms with E-state index in [2.05, 4.69) is 22.4 Å². The molecule has 2 heteroatoms. The molecule has 0 spiro atoms. The maximum Gasteiger partial charge on any atom is 0.0343 e. The molecule has 1 aromatic heterocycles. The summed E-state index contributed by atoms with van der Waals surface area (Å²) in [4.78, 5) is 4.14. The highest BCUT2D eigenvalue weighted by Crippen LogP contribution is 2.33. The Hall–Kier alpha value is -1.15. The van der Waals surface area contributed by atoms with Crippen molar-refractivity contribution in [3.8, 4) is 0 Å². The first-order chi connectivity index (χ1) is 6.43. The summed E-state index contributed by atoms with van der Waals surface area (Å²) in [6.07, 6.45) is 8.71. The fourth-order valence-electron chi connectivity index (χ4n) is 2.31. The Morgan fingerprint density at radius 1 is 1.38 bits per heavy atom. The normalized spacial score (nSPS) is 30.6. The van der Waals surface area contributed by atoms with Gasteiger partial charge < -0.3 is 5.32 Å². The third kappa shape index (κ3) is 1.10. The predicted molar refractivity (Wildman–Crippen MR) is 52.2 cm³/mol. The molecule has 0 saturated carbocycles. The summed E-state index contributed by atoms with van der Waals surface area (Å²) in [5.74, 6) is 0. The minimum atomic E-state index is 0.592. The summed E-state index contributed by atoms with van der Waals surface area (Å²) < 4.78 is 0. The summed E-state index contributed by atoms with van der Waals surface area (Å²) in [6.45, 7) is 0. The zero-order valence-corrected chi connectivity index (χ0v) is 7.40. The summed E-state index contributed by atoms with van der Waals surface area (Å²) in [5.41, 5.74) is 2.73. The van der Waals surface area contributed by atoms with E-state index in [9.17, 15) is 0 Å². The standard InChI is InChI=1S/C11H12N2/c1-2-8(7-12-5-1)10-6-9-3-4-11(10)13-9/h1-2,5-7,9,11,13H,3-4H2/t9-,11+/m0/s1. The van der Waals surface area contributed by atoms with Gasteiger partial charge in [0.1, 0.15) is 0 Å². The second-order valence-electron chi connectivity index (χ2n) is 3.77. The topological polar surface area (TPSA) is 24.9 Å². The fourth-order valence-corrected chi connectivity index (χ4v) is 2.31. The van der Waals surface area contributed by atoms with Gasteiger partial charge in [-0.25, -0.2) is 0 Å². The Labute approximate surface area is 77.7 Å². The third-order valence-electron chi connectivity index (χ3n) is 2.93. The third-order valence-corrected chi connectivity index (χ3v) is 2.93. The van der Waals surface area contributed by atoms with E-state index in [1.807, 2.05) is 18.5 Å². The number of nitrogens with zero attached hydrogens (tertiary/aromatic N) is 1. The van der Waals surface area contributed by atoms with Gasteiger partial charge in [-0.2, -0.15) is 0 Å². The monoisotopic (exact) mass is 172 g/mol. The molecular formula is C11H12N2. The zero-order chi connectivity index (χ0) is 8.67. The quantitative estimate of drug-likeness (QED) is 0.696. The van der Waals surface area contributed by atoms with Crippen LogP contribution in [0, 0.1) is 0 Å². The van der Waals surface area contributed by atoms with Crippen LogP contribution in [-0.4, -0.2) is 17.1 Å². The molecule has 3 heterocycles. The Morgan fingerprint density at radius 2 is 2.38 bits per heavy atom. The number of aromatic nitrogens is 1. The number of rotatable bonds is 1. The molecule has 1 aromatic rings. The zero-order valence-electron chi connectivity index (χ0n) is 7.40. The summed E-state index contributed by atoms with van der Waals surface area (Å²) in [6, 6.07) is 5.36. The number of fused-ring (bicyclic) bond motifs is 2. The van der Waals surface area contributed by atoms with Gasteiger partial charge >= 0.3 is 0 Å². The average Bonchev–Trinajstić information content (AvgIpc) is 2.80. The van der Waals surface area contributed by atoms with E-state index in [0.717, 1.165) is 0 Å². The highest BCUT2D eigenvalue weighted by molar-refractivity contribution is 5.72. The maximum atomic E-state index is 4.14. The van der Waals surface area contributed by atoms with Crippen molar-refractivity contribution in [2.24, 2.45) is 0 Å². The summed E-state index contributed by atoms with van der Waals surface area (Å²) in [5, 5.41) is 3.56. The predicted octanol–water partition coefficient (Wildman–Crippen LogP) is 1.60. The van der Waals surface area contributed by atoms with Crippen LogP contribution in [0.25, 0.3) is 5.57 Å². The fraction of sp³-hybridized carbons (Fsp3) is 0.364. The lowest BCUT2D eigenvalue weighted by Crippen LogP contribution is -2.21. The van der Waals surface area contributed by atoms with Gasteiger partial charge in [0.25, 0.3) is 0 Å². The Bertz CT molecular complexity index is 342. The van der Waals surface area contributed by atoms with Crippen molar-refractivity contribution in [3.63, 3.8) is 0 Å². The molecule has 3 rings (SSSR count). The van der Waals surface area contributed by atoms with Crippen LogP contribution < -0.4 is 5.32 Å². The Morgan fingerprint density at radius 3 is 3.00 bits per heavy atom. The van der Waals surface area contributed by atoms with Gasteiger partial charge in [0.15, 0.2) is 0 Å². The van der Waals surface area contributed by atoms with Crippen molar-refractivity contribution < 1.29 is 0 Å². The highest BCUT2D eigenvalue weighted by atomic mass is 15.0. The highest BCUT2D eigenvalue weighted by Gasteiger charge is 2.32. The molecule has 1 saturated heterocycles. The molecule has 0 aromatic carbocycles. The molecule has 1 fully saturated rings. The lowest BCUT2D eigenvalue weighted by atomic mass is 9.94. The second-order valence-corrected chi connectivity index (χ2v) is 3.77. The minimum absolute atomic E-state index is 0.592. The molecule has 0 radical (unpaired) electrons. The molecular weight excluding hydrogens is 160 g/mol. The Kier molecular flexibility index (Phi) is 1.49. The van der Waals surface area contributed by atoms with E-state index >= 15 is 0 Å². The van der Waals surface area contributed by atoms with Crippen molar-refractivity contribution >= 4 is 5.57 Å². The van der Waals surface area contributed by atoms with Gasteiger partial charge in [-0.1, -0.05) is 12.1 Å². The van der Waals surface area contributed by atoms with Gasteiger partial charge in [0.2, 0.25) is 0 Å². The van der Waals surface area contributed by atoms with Gasteiger partial charge in [-0.3, -0.25) is 4.98 Å². The van der Waals surface area contributed by atoms with Crippen LogP contribution in [-0.2, 0) is 0 Å². The molecule has 13 heavy (non-hydrogen) atoms. The SMILES string of the molecule is C1=C(c2cccnc2)[C@H]2CC[C@@H]1N2. The molecule has 0 unspecified atom stereocenters. The molecule has 2 nitrogen and oxygen atoms in total. The first-order valence-electron chi connectivity index (χ1n) is 4.81. The first kappa shape index (κ1) is 7.27. The molecule has 2 aliphatic heterocycles. The number of hydrogen-bond acceptors (Lipinski definition) is 2. The van der Waals surface area contributed by atoms with E-state index in [4.69, 9.17) is 0 Å². The molecule has 2 bridgehead atoms. The van der Waals surface area contributed by atoms with Crippen molar-refractivity contribution in [1.82, 2.24) is 10.3 Å². The lowest BCUT2D eigenvalue weighted by molar-refractivity contribution is 0.721. The van der Waals surface area contributed by atoms with E-state index in [-0.39, 0.29) is 0 Å². The molecule has 0 amide bonds. The summed E-state index contributed by atoms with van der Waals surface area (Å²) >= 11 is 0. The molecule has 66 valence electrons. The molecule has 0 aliphatic carbocycles. The minimum Gasteiger partial charge on any atom is -0.304 e. The van der Waals surface area contributed by atoms with Crippen LogP contribution in [0.15, 0.2) is 30.6 Å². The van der Waals surface area contributed by atoms with Crippen LogP contribution in [0.2, 0.25) is 0 Å². The van der Waals surface area contributed by atoms with Gasteiger partial charge in [0.05, 0.1) is 0 Å². The Balaban J connectivity index is 1.99. The van der Waals surface area contributed by atoms with Gasteiger partial charge in [-0.05, 0) is 30.0 Å². The van der Waals surface area contributed by atoms with E-state index in [0.29, 0.717) is 12.1 Å². The average molecular weight is 172 g/mol. The van der Waals surface area contributed by atoms with Crippen molar-refractivity contribution in [2.45, 2.75) is 24.9 Å². The smallest absolute Gasteiger partial charge is 0.0343 e. The van der Waals surface area contributed by atoms with E-state index in [1.54, 1.807) is 0 Å².